The van der Waals surface area contributed by atoms with Gasteiger partial charge < -0.3 is 9.88 Å². The maximum atomic E-state index is 13.3. The van der Waals surface area contributed by atoms with E-state index in [0.29, 0.717) is 0 Å². The minimum absolute atomic E-state index is 0.0879. The van der Waals surface area contributed by atoms with E-state index in [0.717, 1.165) is 51.8 Å². The molecule has 150 valence electrons. The molecular formula is C26H23BrN2O. The highest BCUT2D eigenvalue weighted by atomic mass is 79.9. The second-order valence-electron chi connectivity index (χ2n) is 7.81. The molecule has 1 aliphatic heterocycles. The van der Waals surface area contributed by atoms with E-state index in [9.17, 15) is 4.79 Å². The lowest BCUT2D eigenvalue weighted by Crippen LogP contribution is -2.30. The van der Waals surface area contributed by atoms with Crippen molar-refractivity contribution in [3.05, 3.63) is 94.0 Å². The van der Waals surface area contributed by atoms with Crippen molar-refractivity contribution in [3.8, 4) is 11.3 Å². The smallest absolute Gasteiger partial charge is 0.255 e. The van der Waals surface area contributed by atoms with E-state index < -0.39 is 0 Å². The molecule has 0 saturated carbocycles. The number of hydrogen-bond acceptors (Lipinski definition) is 1. The summed E-state index contributed by atoms with van der Waals surface area (Å²) in [6.45, 7) is 2.93. The minimum Gasteiger partial charge on any atom is -0.354 e. The van der Waals surface area contributed by atoms with E-state index in [-0.39, 0.29) is 11.9 Å². The van der Waals surface area contributed by atoms with Crippen LogP contribution in [0.5, 0.6) is 0 Å². The first-order valence-corrected chi connectivity index (χ1v) is 11.2. The number of para-hydroxylation sites is 1. The Kier molecular flexibility index (Phi) is 4.95. The molecular weight excluding hydrogens is 436 g/mol. The van der Waals surface area contributed by atoms with Gasteiger partial charge in [0.1, 0.15) is 0 Å². The number of hydrogen-bond donors (Lipinski definition) is 1. The molecule has 30 heavy (non-hydrogen) atoms. The Morgan fingerprint density at radius 3 is 2.50 bits per heavy atom. The van der Waals surface area contributed by atoms with E-state index >= 15 is 0 Å². The fourth-order valence-electron chi connectivity index (χ4n) is 4.53. The first-order chi connectivity index (χ1) is 14.7. The third kappa shape index (κ3) is 3.07. The molecule has 1 N–H and O–H groups in total. The second-order valence-corrected chi connectivity index (χ2v) is 8.72. The summed E-state index contributed by atoms with van der Waals surface area (Å²) in [7, 11) is 0. The molecule has 3 nitrogen and oxygen atoms in total. The van der Waals surface area contributed by atoms with Crippen LogP contribution in [0.4, 0.5) is 0 Å². The maximum absolute atomic E-state index is 13.3. The molecule has 5 rings (SSSR count). The second kappa shape index (κ2) is 7.77. The maximum Gasteiger partial charge on any atom is 0.255 e. The van der Waals surface area contributed by atoms with Gasteiger partial charge in [-0.2, -0.15) is 0 Å². The molecule has 1 aromatic heterocycles. The van der Waals surface area contributed by atoms with Gasteiger partial charge in [-0.15, -0.1) is 0 Å². The number of unbranched alkanes of at least 4 members (excludes halogenated alkanes) is 1. The average Bonchev–Trinajstić information content (AvgIpc) is 3.28. The van der Waals surface area contributed by atoms with Crippen LogP contribution in [0.2, 0.25) is 0 Å². The predicted molar refractivity (Wildman–Crippen MR) is 126 cm³/mol. The monoisotopic (exact) mass is 458 g/mol. The van der Waals surface area contributed by atoms with Crippen molar-refractivity contribution in [1.82, 2.24) is 9.88 Å². The summed E-state index contributed by atoms with van der Waals surface area (Å²) in [6, 6.07) is 24.7. The summed E-state index contributed by atoms with van der Waals surface area (Å²) >= 11 is 3.54. The Bertz CT molecular complexity index is 1230. The van der Waals surface area contributed by atoms with Gasteiger partial charge in [-0.25, -0.2) is 0 Å². The average molecular weight is 459 g/mol. The van der Waals surface area contributed by atoms with E-state index in [2.05, 4.69) is 87.3 Å². The summed E-state index contributed by atoms with van der Waals surface area (Å²) < 4.78 is 1.05. The molecule has 1 aliphatic rings. The molecule has 3 aromatic carbocycles. The standard InChI is InChI=1S/C26H23BrN2O/c1-2-3-16-29-25(19-8-4-5-9-20(19)26(29)30)23-21-10-6-7-11-22(21)28-24(23)17-12-14-18(27)15-13-17/h4-15,25,28H,2-3,16H2,1H3. The number of carbonyl (C=O) groups excluding carboxylic acids is 1. The van der Waals surface area contributed by atoms with Gasteiger partial charge in [0.05, 0.1) is 11.7 Å². The number of benzene rings is 3. The van der Waals surface area contributed by atoms with Crippen LogP contribution < -0.4 is 0 Å². The fourth-order valence-corrected chi connectivity index (χ4v) is 4.80. The Hall–Kier alpha value is -2.85. The zero-order valence-electron chi connectivity index (χ0n) is 16.9. The fraction of sp³-hybridized carbons (Fsp3) is 0.192. The Morgan fingerprint density at radius 2 is 1.70 bits per heavy atom. The molecule has 0 spiro atoms. The van der Waals surface area contributed by atoms with Crippen LogP contribution >= 0.6 is 15.9 Å². The summed E-state index contributed by atoms with van der Waals surface area (Å²) in [5.74, 6) is 0.135. The molecule has 1 amide bonds. The molecule has 0 fully saturated rings. The van der Waals surface area contributed by atoms with Crippen molar-refractivity contribution in [2.24, 2.45) is 0 Å². The van der Waals surface area contributed by atoms with Crippen molar-refractivity contribution in [2.75, 3.05) is 6.54 Å². The number of nitrogens with zero attached hydrogens (tertiary/aromatic N) is 1. The molecule has 1 unspecified atom stereocenters. The summed E-state index contributed by atoms with van der Waals surface area (Å²) in [5.41, 5.74) is 6.41. The van der Waals surface area contributed by atoms with Crippen molar-refractivity contribution < 1.29 is 4.79 Å². The van der Waals surface area contributed by atoms with Crippen LogP contribution in [0.3, 0.4) is 0 Å². The number of amides is 1. The van der Waals surface area contributed by atoms with Gasteiger partial charge in [-0.05, 0) is 41.8 Å². The van der Waals surface area contributed by atoms with E-state index in [1.807, 2.05) is 18.2 Å². The molecule has 1 atom stereocenters. The van der Waals surface area contributed by atoms with Crippen LogP contribution in [0, 0.1) is 0 Å². The number of rotatable bonds is 5. The Morgan fingerprint density at radius 1 is 0.967 bits per heavy atom. The summed E-state index contributed by atoms with van der Waals surface area (Å²) in [5, 5.41) is 1.17. The SMILES string of the molecule is CCCCN1C(=O)c2ccccc2C1c1c(-c2ccc(Br)cc2)[nH]c2ccccc12. The molecule has 0 radical (unpaired) electrons. The van der Waals surface area contributed by atoms with E-state index in [1.165, 1.54) is 10.9 Å². The zero-order chi connectivity index (χ0) is 20.7. The Balaban J connectivity index is 1.77. The highest BCUT2D eigenvalue weighted by Crippen LogP contribution is 2.45. The van der Waals surface area contributed by atoms with Gasteiger partial charge in [0.2, 0.25) is 0 Å². The van der Waals surface area contributed by atoms with Crippen LogP contribution in [0.25, 0.3) is 22.2 Å². The molecule has 2 heterocycles. The molecule has 4 aromatic rings. The van der Waals surface area contributed by atoms with Gasteiger partial charge in [0.25, 0.3) is 5.91 Å². The third-order valence-corrected chi connectivity index (χ3v) is 6.49. The number of fused-ring (bicyclic) bond motifs is 2. The lowest BCUT2D eigenvalue weighted by molar-refractivity contribution is 0.0748. The lowest BCUT2D eigenvalue weighted by Gasteiger charge is -2.26. The highest BCUT2D eigenvalue weighted by molar-refractivity contribution is 9.10. The zero-order valence-corrected chi connectivity index (χ0v) is 18.4. The first kappa shape index (κ1) is 19.1. The van der Waals surface area contributed by atoms with Crippen molar-refractivity contribution >= 4 is 32.7 Å². The number of nitrogens with one attached hydrogen (secondary N) is 1. The van der Waals surface area contributed by atoms with E-state index in [4.69, 9.17) is 0 Å². The van der Waals surface area contributed by atoms with Gasteiger partial charge >= 0.3 is 0 Å². The van der Waals surface area contributed by atoms with Crippen LogP contribution in [-0.2, 0) is 0 Å². The summed E-state index contributed by atoms with van der Waals surface area (Å²) in [4.78, 5) is 19.1. The minimum atomic E-state index is -0.0879. The van der Waals surface area contributed by atoms with Crippen molar-refractivity contribution in [2.45, 2.75) is 25.8 Å². The number of carbonyl (C=O) groups is 1. The first-order valence-electron chi connectivity index (χ1n) is 10.5. The van der Waals surface area contributed by atoms with Crippen molar-refractivity contribution in [1.29, 1.82) is 0 Å². The van der Waals surface area contributed by atoms with Crippen LogP contribution in [0.15, 0.2) is 77.3 Å². The van der Waals surface area contributed by atoms with Gasteiger partial charge in [-0.1, -0.05) is 77.8 Å². The van der Waals surface area contributed by atoms with Crippen molar-refractivity contribution in [3.63, 3.8) is 0 Å². The third-order valence-electron chi connectivity index (χ3n) is 5.96. The van der Waals surface area contributed by atoms with Gasteiger partial charge in [0.15, 0.2) is 0 Å². The molecule has 4 heteroatoms. The van der Waals surface area contributed by atoms with Gasteiger partial charge in [-0.3, -0.25) is 4.79 Å². The molecule has 0 saturated heterocycles. The number of aromatic nitrogens is 1. The topological polar surface area (TPSA) is 36.1 Å². The number of aromatic amines is 1. The van der Waals surface area contributed by atoms with E-state index in [1.54, 1.807) is 0 Å². The number of H-pyrrole nitrogens is 1. The normalized spacial score (nSPS) is 15.7. The number of halogens is 1. The predicted octanol–water partition coefficient (Wildman–Crippen LogP) is 6.94. The van der Waals surface area contributed by atoms with Crippen LogP contribution in [0.1, 0.15) is 47.3 Å². The summed E-state index contributed by atoms with van der Waals surface area (Å²) in [6.07, 6.45) is 2.05. The Labute approximate surface area is 184 Å². The largest absolute Gasteiger partial charge is 0.354 e. The van der Waals surface area contributed by atoms with Gasteiger partial charge in [0, 0.05) is 33.0 Å². The van der Waals surface area contributed by atoms with Crippen LogP contribution in [-0.4, -0.2) is 22.3 Å². The lowest BCUT2D eigenvalue weighted by atomic mass is 9.93. The molecule has 0 bridgehead atoms. The quantitative estimate of drug-likeness (QED) is 0.345. The highest BCUT2D eigenvalue weighted by Gasteiger charge is 2.39. The molecule has 0 aliphatic carbocycles.